The second-order valence-electron chi connectivity index (χ2n) is 9.12. The third-order valence-electron chi connectivity index (χ3n) is 6.58. The van der Waals surface area contributed by atoms with E-state index in [9.17, 15) is 23.2 Å². The van der Waals surface area contributed by atoms with E-state index in [0.29, 0.717) is 56.8 Å². The number of hydrogen-bond acceptors (Lipinski definition) is 8. The van der Waals surface area contributed by atoms with Crippen LogP contribution in [0.4, 0.5) is 24.7 Å². The standard InChI is InChI=1S/C29H24F3N7O4/c1-41-22-10-17(11-23(42-2)25(22)43-3)24-27(39-26(38-24)18(12-33)14-36-39)37-19-6-4-16(5-7-19)13-35-28(40)20-15-34-9-8-21(20)29(30,31)32/h4-11,14-15,37-38H,13H2,1-3H3,(H,35,40). The molecule has 3 aromatic heterocycles. The Hall–Kier alpha value is -5.71. The molecule has 0 radical (unpaired) electrons. The molecule has 43 heavy (non-hydrogen) atoms. The zero-order chi connectivity index (χ0) is 30.7. The van der Waals surface area contributed by atoms with Gasteiger partial charge in [0.25, 0.3) is 5.91 Å². The van der Waals surface area contributed by atoms with Gasteiger partial charge in [0, 0.05) is 30.2 Å². The number of fused-ring (bicyclic) bond motifs is 1. The second kappa shape index (κ2) is 11.6. The summed E-state index contributed by atoms with van der Waals surface area (Å²) in [6, 6.07) is 13.3. The van der Waals surface area contributed by atoms with E-state index in [0.717, 1.165) is 18.5 Å². The molecule has 0 atom stereocenters. The number of aromatic nitrogens is 4. The number of methoxy groups -OCH3 is 3. The highest BCUT2D eigenvalue weighted by atomic mass is 19.4. The van der Waals surface area contributed by atoms with Crippen molar-refractivity contribution in [3.63, 3.8) is 0 Å². The van der Waals surface area contributed by atoms with Gasteiger partial charge >= 0.3 is 6.18 Å². The molecule has 11 nitrogen and oxygen atoms in total. The highest BCUT2D eigenvalue weighted by Gasteiger charge is 2.35. The summed E-state index contributed by atoms with van der Waals surface area (Å²) in [5.41, 5.74) is 1.68. The van der Waals surface area contributed by atoms with Gasteiger partial charge in [0.05, 0.1) is 44.3 Å². The number of anilines is 2. The van der Waals surface area contributed by atoms with Crippen LogP contribution in [0.1, 0.15) is 27.0 Å². The topological polar surface area (TPSA) is 139 Å². The molecule has 3 heterocycles. The minimum absolute atomic E-state index is 0.0128. The van der Waals surface area contributed by atoms with Crippen molar-refractivity contribution in [2.45, 2.75) is 12.7 Å². The van der Waals surface area contributed by atoms with Gasteiger partial charge in [-0.25, -0.2) is 0 Å². The maximum Gasteiger partial charge on any atom is 0.417 e. The third-order valence-corrected chi connectivity index (χ3v) is 6.58. The van der Waals surface area contributed by atoms with Crippen molar-refractivity contribution < 1.29 is 32.2 Å². The summed E-state index contributed by atoms with van der Waals surface area (Å²) in [5.74, 6) is 0.881. The van der Waals surface area contributed by atoms with Crippen LogP contribution in [-0.2, 0) is 12.7 Å². The first-order valence-corrected chi connectivity index (χ1v) is 12.6. The molecule has 5 rings (SSSR count). The summed E-state index contributed by atoms with van der Waals surface area (Å²) in [5, 5.41) is 19.7. The van der Waals surface area contributed by atoms with Gasteiger partial charge in [0.1, 0.15) is 11.6 Å². The van der Waals surface area contributed by atoms with Gasteiger partial charge in [-0.05, 0) is 35.9 Å². The normalized spacial score (nSPS) is 11.2. The number of nitriles is 1. The van der Waals surface area contributed by atoms with Gasteiger partial charge in [0.2, 0.25) is 5.75 Å². The fourth-order valence-electron chi connectivity index (χ4n) is 4.50. The van der Waals surface area contributed by atoms with E-state index >= 15 is 0 Å². The third kappa shape index (κ3) is 5.60. The average molecular weight is 592 g/mol. The van der Waals surface area contributed by atoms with Gasteiger partial charge in [-0.1, -0.05) is 12.1 Å². The number of pyridine rings is 1. The number of imidazole rings is 1. The predicted molar refractivity (Wildman–Crippen MR) is 149 cm³/mol. The lowest BCUT2D eigenvalue weighted by molar-refractivity contribution is -0.138. The van der Waals surface area contributed by atoms with Gasteiger partial charge in [-0.2, -0.15) is 28.0 Å². The summed E-state index contributed by atoms with van der Waals surface area (Å²) < 4.78 is 57.8. The van der Waals surface area contributed by atoms with Crippen molar-refractivity contribution in [2.75, 3.05) is 26.6 Å². The summed E-state index contributed by atoms with van der Waals surface area (Å²) in [7, 11) is 4.51. The fraction of sp³-hybridized carbons (Fsp3) is 0.172. The second-order valence-corrected chi connectivity index (χ2v) is 9.12. The first kappa shape index (κ1) is 28.8. The van der Waals surface area contributed by atoms with Crippen LogP contribution in [0.2, 0.25) is 0 Å². The highest BCUT2D eigenvalue weighted by molar-refractivity contribution is 5.95. The number of carbonyl (C=O) groups is 1. The number of amides is 1. The Morgan fingerprint density at radius 2 is 1.74 bits per heavy atom. The van der Waals surface area contributed by atoms with Crippen molar-refractivity contribution in [1.82, 2.24) is 24.9 Å². The molecule has 14 heteroatoms. The average Bonchev–Trinajstić information content (AvgIpc) is 3.59. The van der Waals surface area contributed by atoms with Crippen LogP contribution in [0, 0.1) is 11.3 Å². The molecule has 220 valence electrons. The van der Waals surface area contributed by atoms with Gasteiger partial charge in [-0.15, -0.1) is 0 Å². The predicted octanol–water partition coefficient (Wildman–Crippen LogP) is 5.31. The Morgan fingerprint density at radius 1 is 1.05 bits per heavy atom. The maximum absolute atomic E-state index is 13.3. The van der Waals surface area contributed by atoms with Crippen molar-refractivity contribution in [3.8, 4) is 34.6 Å². The number of nitrogens with one attached hydrogen (secondary N) is 3. The van der Waals surface area contributed by atoms with Crippen LogP contribution in [0.15, 0.2) is 61.1 Å². The molecular weight excluding hydrogens is 567 g/mol. The van der Waals surface area contributed by atoms with Crippen molar-refractivity contribution in [1.29, 1.82) is 5.26 Å². The zero-order valence-electron chi connectivity index (χ0n) is 23.0. The number of alkyl halides is 3. The Kier molecular flexibility index (Phi) is 7.80. The molecular formula is C29H24F3N7O4. The van der Waals surface area contributed by atoms with Crippen LogP contribution < -0.4 is 24.8 Å². The maximum atomic E-state index is 13.3. The summed E-state index contributed by atoms with van der Waals surface area (Å²) >= 11 is 0. The van der Waals surface area contributed by atoms with E-state index in [1.54, 1.807) is 40.9 Å². The fourth-order valence-corrected chi connectivity index (χ4v) is 4.50. The van der Waals surface area contributed by atoms with Gasteiger partial charge in [0.15, 0.2) is 23.0 Å². The number of benzene rings is 2. The number of aromatic amines is 1. The molecule has 0 aliphatic rings. The Bertz CT molecular complexity index is 1810. The lowest BCUT2D eigenvalue weighted by Crippen LogP contribution is -2.26. The molecule has 0 fully saturated rings. The Labute approximate surface area is 242 Å². The van der Waals surface area contributed by atoms with Crippen molar-refractivity contribution >= 4 is 23.1 Å². The first-order chi connectivity index (χ1) is 20.7. The molecule has 0 saturated heterocycles. The minimum Gasteiger partial charge on any atom is -0.493 e. The van der Waals surface area contributed by atoms with E-state index in [-0.39, 0.29) is 6.54 Å². The number of ether oxygens (including phenoxy) is 3. The molecule has 0 aliphatic carbocycles. The van der Waals surface area contributed by atoms with Crippen molar-refractivity contribution in [3.05, 3.63) is 83.3 Å². The largest absolute Gasteiger partial charge is 0.493 e. The van der Waals surface area contributed by atoms with E-state index in [1.807, 2.05) is 0 Å². The quantitative estimate of drug-likeness (QED) is 0.210. The highest BCUT2D eigenvalue weighted by Crippen LogP contribution is 2.43. The number of H-pyrrole nitrogens is 1. The summed E-state index contributed by atoms with van der Waals surface area (Å²) in [6.45, 7) is -0.0128. The van der Waals surface area contributed by atoms with Crippen LogP contribution in [0.5, 0.6) is 17.2 Å². The van der Waals surface area contributed by atoms with Crippen LogP contribution in [-0.4, -0.2) is 46.8 Å². The molecule has 0 saturated carbocycles. The Balaban J connectivity index is 1.42. The van der Waals surface area contributed by atoms with E-state index in [1.165, 1.54) is 27.5 Å². The number of halogens is 3. The van der Waals surface area contributed by atoms with Crippen LogP contribution in [0.3, 0.4) is 0 Å². The van der Waals surface area contributed by atoms with E-state index in [2.05, 4.69) is 31.8 Å². The first-order valence-electron chi connectivity index (χ1n) is 12.6. The number of carbonyl (C=O) groups excluding carboxylic acids is 1. The number of nitrogens with zero attached hydrogens (tertiary/aromatic N) is 4. The lowest BCUT2D eigenvalue weighted by atomic mass is 10.1. The monoisotopic (exact) mass is 591 g/mol. The SMILES string of the molecule is COc1cc(-c2[nH]c3c(C#N)cnn3c2Nc2ccc(CNC(=O)c3cnccc3C(F)(F)F)cc2)cc(OC)c1OC. The molecule has 0 aliphatic heterocycles. The smallest absolute Gasteiger partial charge is 0.417 e. The van der Waals surface area contributed by atoms with E-state index in [4.69, 9.17) is 14.2 Å². The zero-order valence-corrected chi connectivity index (χ0v) is 23.0. The number of rotatable bonds is 9. The molecule has 1 amide bonds. The number of hydrogen-bond donors (Lipinski definition) is 3. The van der Waals surface area contributed by atoms with Crippen molar-refractivity contribution in [2.24, 2.45) is 0 Å². The molecule has 0 bridgehead atoms. The van der Waals surface area contributed by atoms with Crippen LogP contribution in [0.25, 0.3) is 16.9 Å². The van der Waals surface area contributed by atoms with Gasteiger partial charge in [-0.3, -0.25) is 9.78 Å². The molecule has 0 unspecified atom stereocenters. The summed E-state index contributed by atoms with van der Waals surface area (Å²) in [4.78, 5) is 19.4. The lowest BCUT2D eigenvalue weighted by Gasteiger charge is -2.15. The van der Waals surface area contributed by atoms with Gasteiger partial charge < -0.3 is 29.8 Å². The minimum atomic E-state index is -4.68. The molecule has 0 spiro atoms. The molecule has 3 N–H and O–H groups in total. The molecule has 5 aromatic rings. The summed E-state index contributed by atoms with van der Waals surface area (Å²) in [6.07, 6.45) is -1.37. The van der Waals surface area contributed by atoms with Crippen LogP contribution >= 0.6 is 0 Å². The Morgan fingerprint density at radius 3 is 2.35 bits per heavy atom. The van der Waals surface area contributed by atoms with E-state index < -0.39 is 23.2 Å². The molecule has 2 aromatic carbocycles.